The van der Waals surface area contributed by atoms with Gasteiger partial charge in [0.2, 0.25) is 5.91 Å². The topological polar surface area (TPSA) is 67.2 Å². The van der Waals surface area contributed by atoms with Gasteiger partial charge in [-0.3, -0.25) is 4.79 Å². The first kappa shape index (κ1) is 12.4. The van der Waals surface area contributed by atoms with Crippen LogP contribution in [0.5, 0.6) is 0 Å². The zero-order chi connectivity index (χ0) is 12.0. The molecule has 0 aliphatic rings. The average Bonchev–Trinajstić information content (AvgIpc) is 2.25. The standard InChI is InChI=1S/C12H19N3O/c1-3-14-11(16)7-8-15-10-6-4-5-9(2)12(10)13/h4-6,15H,3,7-8,13H2,1-2H3,(H,14,16). The third-order valence-corrected chi connectivity index (χ3v) is 2.37. The lowest BCUT2D eigenvalue weighted by molar-refractivity contribution is -0.120. The highest BCUT2D eigenvalue weighted by Crippen LogP contribution is 2.21. The number of anilines is 2. The van der Waals surface area contributed by atoms with E-state index in [0.717, 1.165) is 16.9 Å². The number of nitrogens with two attached hydrogens (primary N) is 1. The van der Waals surface area contributed by atoms with E-state index in [4.69, 9.17) is 5.73 Å². The molecule has 0 fully saturated rings. The summed E-state index contributed by atoms with van der Waals surface area (Å²) >= 11 is 0. The molecule has 0 radical (unpaired) electrons. The van der Waals surface area contributed by atoms with Gasteiger partial charge in [-0.1, -0.05) is 12.1 Å². The molecule has 0 spiro atoms. The number of hydrogen-bond acceptors (Lipinski definition) is 3. The van der Waals surface area contributed by atoms with Crippen LogP contribution in [0.3, 0.4) is 0 Å². The Morgan fingerprint density at radius 1 is 1.44 bits per heavy atom. The molecule has 0 atom stereocenters. The first-order valence-electron chi connectivity index (χ1n) is 5.50. The van der Waals surface area contributed by atoms with Gasteiger partial charge in [0.25, 0.3) is 0 Å². The highest BCUT2D eigenvalue weighted by atomic mass is 16.1. The Morgan fingerprint density at radius 3 is 2.88 bits per heavy atom. The zero-order valence-electron chi connectivity index (χ0n) is 9.84. The van der Waals surface area contributed by atoms with Gasteiger partial charge >= 0.3 is 0 Å². The number of carbonyl (C=O) groups is 1. The van der Waals surface area contributed by atoms with Crippen LogP contribution in [0.2, 0.25) is 0 Å². The molecule has 1 aromatic carbocycles. The predicted octanol–water partition coefficient (Wildman–Crippen LogP) is 1.52. The summed E-state index contributed by atoms with van der Waals surface area (Å²) in [5.41, 5.74) is 8.58. The monoisotopic (exact) mass is 221 g/mol. The molecule has 1 aromatic rings. The lowest BCUT2D eigenvalue weighted by Gasteiger charge is -2.10. The minimum atomic E-state index is 0.0567. The number of nitrogens with one attached hydrogen (secondary N) is 2. The molecule has 4 nitrogen and oxygen atoms in total. The van der Waals surface area contributed by atoms with Crippen LogP contribution < -0.4 is 16.4 Å². The fourth-order valence-electron chi connectivity index (χ4n) is 1.43. The summed E-state index contributed by atoms with van der Waals surface area (Å²) in [6, 6.07) is 5.82. The lowest BCUT2D eigenvalue weighted by atomic mass is 10.1. The summed E-state index contributed by atoms with van der Waals surface area (Å²) in [6.45, 7) is 5.14. The maximum atomic E-state index is 11.2. The molecule has 16 heavy (non-hydrogen) atoms. The summed E-state index contributed by atoms with van der Waals surface area (Å²) in [4.78, 5) is 11.2. The zero-order valence-corrected chi connectivity index (χ0v) is 9.84. The van der Waals surface area contributed by atoms with Gasteiger partial charge < -0.3 is 16.4 Å². The van der Waals surface area contributed by atoms with Crippen molar-refractivity contribution in [1.82, 2.24) is 5.32 Å². The van der Waals surface area contributed by atoms with Gasteiger partial charge in [0.15, 0.2) is 0 Å². The molecule has 88 valence electrons. The molecule has 0 saturated carbocycles. The smallest absolute Gasteiger partial charge is 0.221 e. The molecule has 4 N–H and O–H groups in total. The second-order valence-electron chi connectivity index (χ2n) is 3.67. The van der Waals surface area contributed by atoms with E-state index in [-0.39, 0.29) is 5.91 Å². The average molecular weight is 221 g/mol. The van der Waals surface area contributed by atoms with Crippen molar-refractivity contribution in [2.24, 2.45) is 0 Å². The number of nitrogen functional groups attached to an aromatic ring is 1. The summed E-state index contributed by atoms with van der Waals surface area (Å²) in [6.07, 6.45) is 0.460. The Balaban J connectivity index is 2.43. The first-order valence-corrected chi connectivity index (χ1v) is 5.50. The maximum Gasteiger partial charge on any atom is 0.221 e. The van der Waals surface area contributed by atoms with Crippen molar-refractivity contribution in [2.45, 2.75) is 20.3 Å². The Morgan fingerprint density at radius 2 is 2.19 bits per heavy atom. The summed E-state index contributed by atoms with van der Waals surface area (Å²) in [7, 11) is 0. The van der Waals surface area contributed by atoms with Crippen LogP contribution >= 0.6 is 0 Å². The van der Waals surface area contributed by atoms with E-state index in [0.29, 0.717) is 19.5 Å². The minimum absolute atomic E-state index is 0.0567. The summed E-state index contributed by atoms with van der Waals surface area (Å²) in [5.74, 6) is 0.0567. The molecule has 0 aromatic heterocycles. The third-order valence-electron chi connectivity index (χ3n) is 2.37. The Kier molecular flexibility index (Phi) is 4.64. The van der Waals surface area contributed by atoms with Crippen LogP contribution in [0, 0.1) is 6.92 Å². The van der Waals surface area contributed by atoms with E-state index < -0.39 is 0 Å². The van der Waals surface area contributed by atoms with Crippen molar-refractivity contribution >= 4 is 17.3 Å². The normalized spacial score (nSPS) is 9.88. The van der Waals surface area contributed by atoms with E-state index in [9.17, 15) is 4.79 Å². The van der Waals surface area contributed by atoms with Gasteiger partial charge in [0, 0.05) is 19.5 Å². The molecule has 0 bridgehead atoms. The van der Waals surface area contributed by atoms with E-state index in [1.807, 2.05) is 32.0 Å². The van der Waals surface area contributed by atoms with Crippen molar-refractivity contribution in [3.63, 3.8) is 0 Å². The van der Waals surface area contributed by atoms with E-state index >= 15 is 0 Å². The van der Waals surface area contributed by atoms with Crippen molar-refractivity contribution < 1.29 is 4.79 Å². The quantitative estimate of drug-likeness (QED) is 0.660. The summed E-state index contributed by atoms with van der Waals surface area (Å²) in [5, 5.41) is 5.90. The molecule has 4 heteroatoms. The largest absolute Gasteiger partial charge is 0.397 e. The SMILES string of the molecule is CCNC(=O)CCNc1cccc(C)c1N. The molecule has 0 aliphatic heterocycles. The van der Waals surface area contributed by atoms with Crippen LogP contribution in [0.4, 0.5) is 11.4 Å². The minimum Gasteiger partial charge on any atom is -0.397 e. The number of benzene rings is 1. The number of aryl methyl sites for hydroxylation is 1. The Hall–Kier alpha value is -1.71. The summed E-state index contributed by atoms with van der Waals surface area (Å²) < 4.78 is 0. The number of para-hydroxylation sites is 1. The maximum absolute atomic E-state index is 11.2. The molecular formula is C12H19N3O. The molecule has 0 unspecified atom stereocenters. The van der Waals surface area contributed by atoms with Crippen LogP contribution in [-0.2, 0) is 4.79 Å². The van der Waals surface area contributed by atoms with Gasteiger partial charge in [-0.2, -0.15) is 0 Å². The molecule has 0 saturated heterocycles. The molecular weight excluding hydrogens is 202 g/mol. The predicted molar refractivity (Wildman–Crippen MR) is 67.4 cm³/mol. The second kappa shape index (κ2) is 6.00. The van der Waals surface area contributed by atoms with Crippen molar-refractivity contribution in [1.29, 1.82) is 0 Å². The van der Waals surface area contributed by atoms with E-state index in [1.165, 1.54) is 0 Å². The fourth-order valence-corrected chi connectivity index (χ4v) is 1.43. The van der Waals surface area contributed by atoms with Crippen LogP contribution in [0.1, 0.15) is 18.9 Å². The highest BCUT2D eigenvalue weighted by molar-refractivity contribution is 5.77. The van der Waals surface area contributed by atoms with Gasteiger partial charge in [0.05, 0.1) is 11.4 Å². The van der Waals surface area contributed by atoms with Crippen molar-refractivity contribution in [2.75, 3.05) is 24.1 Å². The van der Waals surface area contributed by atoms with Crippen LogP contribution in [0.25, 0.3) is 0 Å². The molecule has 0 heterocycles. The number of amides is 1. The van der Waals surface area contributed by atoms with E-state index in [2.05, 4.69) is 10.6 Å². The fraction of sp³-hybridized carbons (Fsp3) is 0.417. The van der Waals surface area contributed by atoms with E-state index in [1.54, 1.807) is 0 Å². The van der Waals surface area contributed by atoms with Gasteiger partial charge in [-0.25, -0.2) is 0 Å². The molecule has 0 aliphatic carbocycles. The van der Waals surface area contributed by atoms with Gasteiger partial charge in [0.1, 0.15) is 0 Å². The van der Waals surface area contributed by atoms with Gasteiger partial charge in [-0.05, 0) is 25.5 Å². The van der Waals surface area contributed by atoms with Crippen LogP contribution in [-0.4, -0.2) is 19.0 Å². The number of hydrogen-bond donors (Lipinski definition) is 3. The van der Waals surface area contributed by atoms with Gasteiger partial charge in [-0.15, -0.1) is 0 Å². The van der Waals surface area contributed by atoms with Crippen LogP contribution in [0.15, 0.2) is 18.2 Å². The second-order valence-corrected chi connectivity index (χ2v) is 3.67. The Labute approximate surface area is 96.2 Å². The van der Waals surface area contributed by atoms with Crippen molar-refractivity contribution in [3.8, 4) is 0 Å². The third kappa shape index (κ3) is 3.46. The highest BCUT2D eigenvalue weighted by Gasteiger charge is 2.02. The molecule has 1 rings (SSSR count). The molecule has 1 amide bonds. The Bertz CT molecular complexity index is 363. The number of rotatable bonds is 5. The van der Waals surface area contributed by atoms with Crippen molar-refractivity contribution in [3.05, 3.63) is 23.8 Å². The first-order chi connectivity index (χ1) is 7.65. The lowest BCUT2D eigenvalue weighted by Crippen LogP contribution is -2.24. The number of carbonyl (C=O) groups excluding carboxylic acids is 1.